The molecule has 0 aliphatic rings. The lowest BCUT2D eigenvalue weighted by molar-refractivity contribution is 0.104. The van der Waals surface area contributed by atoms with Gasteiger partial charge in [0.1, 0.15) is 5.82 Å². The van der Waals surface area contributed by atoms with Crippen molar-refractivity contribution in [3.05, 3.63) is 87.1 Å². The highest BCUT2D eigenvalue weighted by Crippen LogP contribution is 2.19. The van der Waals surface area contributed by atoms with Crippen molar-refractivity contribution in [2.24, 2.45) is 0 Å². The van der Waals surface area contributed by atoms with Gasteiger partial charge in [-0.15, -0.1) is 11.3 Å². The summed E-state index contributed by atoms with van der Waals surface area (Å²) in [7, 11) is 0. The fourth-order valence-electron chi connectivity index (χ4n) is 2.15. The molecular formula is C19H14ClFN2OS. The summed E-state index contributed by atoms with van der Waals surface area (Å²) < 4.78 is 13.4. The topological polar surface area (TPSA) is 42.0 Å². The minimum atomic E-state index is -0.299. The van der Waals surface area contributed by atoms with E-state index in [4.69, 9.17) is 11.6 Å². The van der Waals surface area contributed by atoms with Crippen LogP contribution >= 0.6 is 22.9 Å². The first-order chi connectivity index (χ1) is 12.1. The van der Waals surface area contributed by atoms with E-state index < -0.39 is 0 Å². The number of nitrogens with zero attached hydrogens (tertiary/aromatic N) is 1. The van der Waals surface area contributed by atoms with Crippen LogP contribution in [0.1, 0.15) is 20.8 Å². The van der Waals surface area contributed by atoms with E-state index in [1.54, 1.807) is 36.5 Å². The molecule has 6 heteroatoms. The Labute approximate surface area is 153 Å². The van der Waals surface area contributed by atoms with Gasteiger partial charge in [-0.3, -0.25) is 4.79 Å². The molecule has 1 heterocycles. The van der Waals surface area contributed by atoms with Gasteiger partial charge in [0.15, 0.2) is 10.3 Å². The van der Waals surface area contributed by atoms with Gasteiger partial charge in [-0.1, -0.05) is 29.8 Å². The molecule has 0 fully saturated rings. The highest BCUT2D eigenvalue weighted by Gasteiger charge is 2.03. The Bertz CT molecular complexity index is 889. The number of anilines is 1. The summed E-state index contributed by atoms with van der Waals surface area (Å²) in [4.78, 5) is 17.2. The van der Waals surface area contributed by atoms with E-state index >= 15 is 0 Å². The van der Waals surface area contributed by atoms with Gasteiger partial charge in [0, 0.05) is 22.3 Å². The summed E-state index contributed by atoms with van der Waals surface area (Å²) in [6.07, 6.45) is 4.88. The molecule has 0 atom stereocenters. The van der Waals surface area contributed by atoms with Crippen LogP contribution in [0.5, 0.6) is 0 Å². The normalized spacial score (nSPS) is 11.0. The summed E-state index contributed by atoms with van der Waals surface area (Å²) in [5.41, 5.74) is 2.27. The molecule has 1 aromatic heterocycles. The third-order valence-corrected chi connectivity index (χ3v) is 4.57. The monoisotopic (exact) mass is 372 g/mol. The molecule has 0 aliphatic carbocycles. The summed E-state index contributed by atoms with van der Waals surface area (Å²) in [5, 5.41) is 3.25. The van der Waals surface area contributed by atoms with Crippen LogP contribution < -0.4 is 5.32 Å². The van der Waals surface area contributed by atoms with E-state index in [0.717, 1.165) is 16.1 Å². The number of allylic oxidation sites excluding steroid dienone is 1. The Morgan fingerprint density at radius 2 is 1.88 bits per heavy atom. The average Bonchev–Trinajstić information content (AvgIpc) is 3.05. The second kappa shape index (κ2) is 8.05. The summed E-state index contributed by atoms with van der Waals surface area (Å²) in [5.74, 6) is -0.405. The summed E-state index contributed by atoms with van der Waals surface area (Å²) >= 11 is 7.22. The number of rotatable bonds is 6. The fraction of sp³-hybridized carbons (Fsp3) is 0.0526. The second-order valence-corrected chi connectivity index (χ2v) is 6.96. The Morgan fingerprint density at radius 3 is 2.52 bits per heavy atom. The van der Waals surface area contributed by atoms with Gasteiger partial charge in [-0.25, -0.2) is 9.37 Å². The Balaban J connectivity index is 1.59. The first-order valence-corrected chi connectivity index (χ1v) is 8.72. The van der Waals surface area contributed by atoms with Crippen molar-refractivity contribution in [1.29, 1.82) is 0 Å². The maximum absolute atomic E-state index is 12.9. The van der Waals surface area contributed by atoms with E-state index in [1.165, 1.54) is 29.5 Å². The van der Waals surface area contributed by atoms with Crippen LogP contribution in [0.25, 0.3) is 6.08 Å². The van der Waals surface area contributed by atoms with E-state index in [2.05, 4.69) is 10.3 Å². The maximum atomic E-state index is 12.9. The maximum Gasteiger partial charge on any atom is 0.185 e. The highest BCUT2D eigenvalue weighted by molar-refractivity contribution is 7.15. The molecule has 3 rings (SSSR count). The van der Waals surface area contributed by atoms with Crippen molar-refractivity contribution in [2.45, 2.75) is 6.54 Å². The molecule has 0 bridgehead atoms. The molecule has 0 amide bonds. The van der Waals surface area contributed by atoms with Crippen LogP contribution in [-0.2, 0) is 6.54 Å². The fourth-order valence-corrected chi connectivity index (χ4v) is 3.07. The minimum absolute atomic E-state index is 0.106. The van der Waals surface area contributed by atoms with Gasteiger partial charge in [0.25, 0.3) is 0 Å². The number of carbonyl (C=O) groups is 1. The first kappa shape index (κ1) is 17.3. The zero-order valence-corrected chi connectivity index (χ0v) is 14.7. The number of hydrogen-bond acceptors (Lipinski definition) is 4. The van der Waals surface area contributed by atoms with Crippen LogP contribution in [-0.4, -0.2) is 10.8 Å². The molecule has 0 radical (unpaired) electrons. The quantitative estimate of drug-likeness (QED) is 0.462. The molecule has 3 nitrogen and oxygen atoms in total. The molecule has 0 unspecified atom stereocenters. The zero-order chi connectivity index (χ0) is 17.6. The van der Waals surface area contributed by atoms with E-state index in [0.29, 0.717) is 16.6 Å². The number of aromatic nitrogens is 1. The number of halogens is 2. The number of hydrogen-bond donors (Lipinski definition) is 1. The van der Waals surface area contributed by atoms with Crippen LogP contribution in [0.4, 0.5) is 10.1 Å². The SMILES string of the molecule is O=C(C=Cc1ccc(F)cc1)c1ccc(NCc2cnc(Cl)s2)cc1. The third kappa shape index (κ3) is 4.98. The summed E-state index contributed by atoms with van der Waals surface area (Å²) in [6.45, 7) is 0.627. The largest absolute Gasteiger partial charge is 0.380 e. The van der Waals surface area contributed by atoms with Gasteiger partial charge in [-0.05, 0) is 48.0 Å². The molecule has 126 valence electrons. The molecule has 0 saturated carbocycles. The standard InChI is InChI=1S/C19H14ClFN2OS/c20-19-23-12-17(25-19)11-22-16-8-4-14(5-9-16)18(24)10-3-13-1-6-15(21)7-2-13/h1-10,12,22H,11H2. The van der Waals surface area contributed by atoms with Crippen molar-refractivity contribution >= 4 is 40.5 Å². The predicted octanol–water partition coefficient (Wildman–Crippen LogP) is 5.44. The molecule has 0 saturated heterocycles. The number of carbonyl (C=O) groups excluding carboxylic acids is 1. The number of thiazole rings is 1. The minimum Gasteiger partial charge on any atom is -0.380 e. The van der Waals surface area contributed by atoms with Crippen LogP contribution in [0, 0.1) is 5.82 Å². The van der Waals surface area contributed by atoms with Crippen LogP contribution in [0.15, 0.2) is 60.8 Å². The van der Waals surface area contributed by atoms with Crippen molar-refractivity contribution in [3.8, 4) is 0 Å². The van der Waals surface area contributed by atoms with Gasteiger partial charge in [-0.2, -0.15) is 0 Å². The van der Waals surface area contributed by atoms with Crippen molar-refractivity contribution in [1.82, 2.24) is 4.98 Å². The summed E-state index contributed by atoms with van der Waals surface area (Å²) in [6, 6.07) is 13.2. The van der Waals surface area contributed by atoms with Gasteiger partial charge >= 0.3 is 0 Å². The second-order valence-electron chi connectivity index (χ2n) is 5.26. The Hall–Kier alpha value is -2.50. The lowest BCUT2D eigenvalue weighted by Crippen LogP contribution is -1.99. The predicted molar refractivity (Wildman–Crippen MR) is 101 cm³/mol. The van der Waals surface area contributed by atoms with Crippen molar-refractivity contribution < 1.29 is 9.18 Å². The molecule has 1 N–H and O–H groups in total. The number of benzene rings is 2. The molecule has 3 aromatic rings. The van der Waals surface area contributed by atoms with Crippen molar-refractivity contribution in [3.63, 3.8) is 0 Å². The Kier molecular flexibility index (Phi) is 5.58. The zero-order valence-electron chi connectivity index (χ0n) is 13.1. The first-order valence-electron chi connectivity index (χ1n) is 7.52. The lowest BCUT2D eigenvalue weighted by Gasteiger charge is -2.05. The van der Waals surface area contributed by atoms with Gasteiger partial charge in [0.05, 0.1) is 6.54 Å². The van der Waals surface area contributed by atoms with E-state index in [-0.39, 0.29) is 11.6 Å². The van der Waals surface area contributed by atoms with Crippen LogP contribution in [0.3, 0.4) is 0 Å². The Morgan fingerprint density at radius 1 is 1.16 bits per heavy atom. The van der Waals surface area contributed by atoms with E-state index in [9.17, 15) is 9.18 Å². The number of ketones is 1. The van der Waals surface area contributed by atoms with Crippen LogP contribution in [0.2, 0.25) is 4.47 Å². The molecule has 0 spiro atoms. The van der Waals surface area contributed by atoms with Gasteiger partial charge in [0.2, 0.25) is 0 Å². The van der Waals surface area contributed by atoms with Gasteiger partial charge < -0.3 is 5.32 Å². The molecule has 2 aromatic carbocycles. The molecule has 0 aliphatic heterocycles. The average molecular weight is 373 g/mol. The highest BCUT2D eigenvalue weighted by atomic mass is 35.5. The van der Waals surface area contributed by atoms with E-state index in [1.807, 2.05) is 12.1 Å². The molecular weight excluding hydrogens is 359 g/mol. The van der Waals surface area contributed by atoms with Crippen molar-refractivity contribution in [2.75, 3.05) is 5.32 Å². The third-order valence-electron chi connectivity index (χ3n) is 3.46. The molecule has 25 heavy (non-hydrogen) atoms. The lowest BCUT2D eigenvalue weighted by atomic mass is 10.1. The smallest absolute Gasteiger partial charge is 0.185 e. The number of nitrogens with one attached hydrogen (secondary N) is 1.